The van der Waals surface area contributed by atoms with Crippen molar-refractivity contribution in [3.05, 3.63) is 68.9 Å². The molecule has 25 heavy (non-hydrogen) atoms. The van der Waals surface area contributed by atoms with Gasteiger partial charge in [0.1, 0.15) is 6.54 Å². The summed E-state index contributed by atoms with van der Waals surface area (Å²) in [5.74, 6) is 0.536. The second-order valence-corrected chi connectivity index (χ2v) is 7.01. The molecule has 7 heteroatoms. The summed E-state index contributed by atoms with van der Waals surface area (Å²) in [6.45, 7) is 2.60. The Balaban J connectivity index is 1.72. The van der Waals surface area contributed by atoms with Crippen molar-refractivity contribution in [2.75, 3.05) is 0 Å². The summed E-state index contributed by atoms with van der Waals surface area (Å²) >= 11 is 8.70. The van der Waals surface area contributed by atoms with Crippen molar-refractivity contribution in [3.8, 4) is 11.4 Å². The van der Waals surface area contributed by atoms with E-state index in [1.165, 1.54) is 0 Å². The average molecular weight is 417 g/mol. The number of hydrogen-bond donors (Lipinski definition) is 2. The number of nitrogens with zero attached hydrogens (tertiary/aromatic N) is 2. The molecule has 0 saturated carbocycles. The maximum Gasteiger partial charge on any atom is 0.240 e. The second-order valence-electron chi connectivity index (χ2n) is 5.71. The van der Waals surface area contributed by atoms with Gasteiger partial charge >= 0.3 is 0 Å². The Bertz CT molecular complexity index is 946. The number of rotatable bonds is 5. The van der Waals surface area contributed by atoms with Crippen molar-refractivity contribution in [3.63, 3.8) is 0 Å². The Morgan fingerprint density at radius 2 is 2.04 bits per heavy atom. The summed E-state index contributed by atoms with van der Waals surface area (Å²) in [6.07, 6.45) is 0. The lowest BCUT2D eigenvalue weighted by Crippen LogP contribution is -2.27. The predicted molar refractivity (Wildman–Crippen MR) is 104 cm³/mol. The highest BCUT2D eigenvalue weighted by atomic mass is 79.9. The van der Waals surface area contributed by atoms with E-state index in [1.54, 1.807) is 4.57 Å². The van der Waals surface area contributed by atoms with Crippen LogP contribution in [0.4, 0.5) is 0 Å². The van der Waals surface area contributed by atoms with Crippen molar-refractivity contribution >= 4 is 34.1 Å². The highest BCUT2D eigenvalue weighted by Crippen LogP contribution is 2.18. The zero-order valence-electron chi connectivity index (χ0n) is 13.6. The number of carbonyl (C=O) groups excluding carboxylic acids is 1. The number of aryl methyl sites for hydroxylation is 1. The number of carbonyl (C=O) groups is 1. The van der Waals surface area contributed by atoms with Crippen molar-refractivity contribution in [2.45, 2.75) is 20.0 Å². The van der Waals surface area contributed by atoms with E-state index in [0.717, 1.165) is 21.2 Å². The van der Waals surface area contributed by atoms with Crippen LogP contribution in [-0.2, 0) is 17.9 Å². The third-order valence-electron chi connectivity index (χ3n) is 3.75. The van der Waals surface area contributed by atoms with Gasteiger partial charge in [0.15, 0.2) is 10.6 Å². The van der Waals surface area contributed by atoms with Crippen LogP contribution in [0.2, 0.25) is 0 Å². The summed E-state index contributed by atoms with van der Waals surface area (Å²) in [7, 11) is 0. The van der Waals surface area contributed by atoms with E-state index >= 15 is 0 Å². The Labute approximate surface area is 159 Å². The van der Waals surface area contributed by atoms with Gasteiger partial charge in [-0.15, -0.1) is 0 Å². The molecule has 0 aliphatic heterocycles. The minimum Gasteiger partial charge on any atom is -0.350 e. The van der Waals surface area contributed by atoms with Gasteiger partial charge in [0.25, 0.3) is 0 Å². The Morgan fingerprint density at radius 1 is 1.28 bits per heavy atom. The molecular formula is C18H17BrN4OS. The minimum absolute atomic E-state index is 0.118. The van der Waals surface area contributed by atoms with Crippen molar-refractivity contribution in [1.82, 2.24) is 20.1 Å². The summed E-state index contributed by atoms with van der Waals surface area (Å²) < 4.78 is 3.11. The third kappa shape index (κ3) is 4.43. The fraction of sp³-hybridized carbons (Fsp3) is 0.167. The molecule has 1 heterocycles. The monoisotopic (exact) mass is 416 g/mol. The number of benzene rings is 2. The van der Waals surface area contributed by atoms with E-state index in [0.29, 0.717) is 17.1 Å². The molecule has 128 valence electrons. The van der Waals surface area contributed by atoms with Gasteiger partial charge in [-0.25, -0.2) is 0 Å². The van der Waals surface area contributed by atoms with E-state index in [9.17, 15) is 4.79 Å². The van der Waals surface area contributed by atoms with Gasteiger partial charge in [0.05, 0.1) is 0 Å². The number of aromatic amines is 1. The molecule has 1 amide bonds. The summed E-state index contributed by atoms with van der Waals surface area (Å²) in [5, 5.41) is 9.94. The molecule has 0 radical (unpaired) electrons. The van der Waals surface area contributed by atoms with Crippen LogP contribution < -0.4 is 5.32 Å². The molecule has 0 bridgehead atoms. The van der Waals surface area contributed by atoms with Crippen LogP contribution in [0.1, 0.15) is 11.1 Å². The first-order valence-electron chi connectivity index (χ1n) is 7.76. The highest BCUT2D eigenvalue weighted by Gasteiger charge is 2.12. The van der Waals surface area contributed by atoms with Gasteiger partial charge in [-0.2, -0.15) is 5.10 Å². The van der Waals surface area contributed by atoms with E-state index < -0.39 is 0 Å². The Hall–Kier alpha value is -2.25. The van der Waals surface area contributed by atoms with Crippen LogP contribution >= 0.6 is 28.1 Å². The number of nitrogens with one attached hydrogen (secondary N) is 2. The van der Waals surface area contributed by atoms with Gasteiger partial charge in [-0.05, 0) is 36.8 Å². The molecule has 0 atom stereocenters. The first-order valence-corrected chi connectivity index (χ1v) is 8.96. The van der Waals surface area contributed by atoms with E-state index in [2.05, 4.69) is 31.4 Å². The quantitative estimate of drug-likeness (QED) is 0.617. The number of aromatic nitrogens is 3. The summed E-state index contributed by atoms with van der Waals surface area (Å²) in [5.41, 5.74) is 3.10. The second kappa shape index (κ2) is 7.76. The summed E-state index contributed by atoms with van der Waals surface area (Å²) in [6, 6.07) is 15.8. The van der Waals surface area contributed by atoms with E-state index in [4.69, 9.17) is 12.2 Å². The highest BCUT2D eigenvalue weighted by molar-refractivity contribution is 9.10. The van der Waals surface area contributed by atoms with Crippen molar-refractivity contribution < 1.29 is 4.79 Å². The number of halogens is 1. The molecule has 0 unspecified atom stereocenters. The summed E-state index contributed by atoms with van der Waals surface area (Å²) in [4.78, 5) is 12.3. The molecule has 3 aromatic rings. The molecule has 0 aliphatic rings. The molecule has 5 nitrogen and oxygen atoms in total. The minimum atomic E-state index is -0.120. The zero-order chi connectivity index (χ0) is 17.8. The third-order valence-corrected chi connectivity index (χ3v) is 4.55. The van der Waals surface area contributed by atoms with E-state index in [1.807, 2.05) is 55.5 Å². The van der Waals surface area contributed by atoms with E-state index in [-0.39, 0.29) is 12.5 Å². The number of hydrogen-bond acceptors (Lipinski definition) is 3. The lowest BCUT2D eigenvalue weighted by atomic mass is 10.1. The Kier molecular flexibility index (Phi) is 5.45. The van der Waals surface area contributed by atoms with Gasteiger partial charge in [-0.1, -0.05) is 57.9 Å². The van der Waals surface area contributed by atoms with Crippen LogP contribution in [0, 0.1) is 11.7 Å². The number of amides is 1. The van der Waals surface area contributed by atoms with Crippen LogP contribution in [0.3, 0.4) is 0 Å². The van der Waals surface area contributed by atoms with Crippen LogP contribution in [0.5, 0.6) is 0 Å². The first kappa shape index (κ1) is 17.6. The van der Waals surface area contributed by atoms with Gasteiger partial charge in [0.2, 0.25) is 5.91 Å². The lowest BCUT2D eigenvalue weighted by molar-refractivity contribution is -0.121. The normalized spacial score (nSPS) is 10.6. The molecule has 0 spiro atoms. The molecule has 3 rings (SSSR count). The van der Waals surface area contributed by atoms with Crippen LogP contribution in [-0.4, -0.2) is 20.7 Å². The molecular weight excluding hydrogens is 400 g/mol. The van der Waals surface area contributed by atoms with Gasteiger partial charge < -0.3 is 5.32 Å². The molecule has 2 N–H and O–H groups in total. The largest absolute Gasteiger partial charge is 0.350 e. The fourth-order valence-electron chi connectivity index (χ4n) is 2.43. The molecule has 2 aromatic carbocycles. The SMILES string of the molecule is Cc1ccc(-c2n[nH]c(=S)n2CC(=O)NCc2cccc(Br)c2)cc1. The number of H-pyrrole nitrogens is 1. The Morgan fingerprint density at radius 3 is 2.76 bits per heavy atom. The van der Waals surface area contributed by atoms with Crippen molar-refractivity contribution in [1.29, 1.82) is 0 Å². The van der Waals surface area contributed by atoms with Crippen molar-refractivity contribution in [2.24, 2.45) is 0 Å². The standard InChI is InChI=1S/C18H17BrN4OS/c1-12-5-7-14(8-6-12)17-21-22-18(25)23(17)11-16(24)20-10-13-3-2-4-15(19)9-13/h2-9H,10-11H2,1H3,(H,20,24)(H,22,25). The molecule has 0 saturated heterocycles. The van der Waals surface area contributed by atoms with Gasteiger partial charge in [0, 0.05) is 16.6 Å². The fourth-order valence-corrected chi connectivity index (χ4v) is 3.08. The van der Waals surface area contributed by atoms with Crippen LogP contribution in [0.25, 0.3) is 11.4 Å². The maximum absolute atomic E-state index is 12.3. The molecule has 0 fully saturated rings. The van der Waals surface area contributed by atoms with Crippen LogP contribution in [0.15, 0.2) is 53.0 Å². The molecule has 0 aliphatic carbocycles. The molecule has 1 aromatic heterocycles. The first-order chi connectivity index (χ1) is 12.0. The lowest BCUT2D eigenvalue weighted by Gasteiger charge is -2.09. The van der Waals surface area contributed by atoms with Gasteiger partial charge in [-0.3, -0.25) is 14.5 Å². The maximum atomic E-state index is 12.3. The topological polar surface area (TPSA) is 62.7 Å². The predicted octanol–water partition coefficient (Wildman–Crippen LogP) is 4.00. The average Bonchev–Trinajstić information content (AvgIpc) is 2.95. The smallest absolute Gasteiger partial charge is 0.240 e. The zero-order valence-corrected chi connectivity index (χ0v) is 16.0.